The highest BCUT2D eigenvalue weighted by molar-refractivity contribution is 6.07. The molecule has 0 radical (unpaired) electrons. The fourth-order valence-electron chi connectivity index (χ4n) is 5.23. The first-order valence-corrected chi connectivity index (χ1v) is 11.1. The van der Waals surface area contributed by atoms with Gasteiger partial charge in [0.1, 0.15) is 12.1 Å². The maximum absolute atomic E-state index is 13.1. The molecule has 0 aromatic carbocycles. The molecule has 0 bridgehead atoms. The van der Waals surface area contributed by atoms with Gasteiger partial charge in [-0.25, -0.2) is 4.79 Å². The molecule has 27 heavy (non-hydrogen) atoms. The van der Waals surface area contributed by atoms with E-state index in [1.165, 1.54) is 43.4 Å². The number of nitrogens with zero attached hydrogens (tertiary/aromatic N) is 1. The smallest absolute Gasteiger partial charge is 0.325 e. The standard InChI is InChI=1S/C22H36N2O3/c1-15(2)20(25)19(14-17-11-7-4-8-12-17)24-21(26)18(23-22(24)27)13-16-9-5-3-6-10-16/h15-19H,3-14H2,1-2H3,(H,23,27)/t18-,19-/m0/s1. The number of rotatable bonds is 7. The van der Waals surface area contributed by atoms with Crippen LogP contribution in [0, 0.1) is 17.8 Å². The molecule has 2 saturated carbocycles. The zero-order valence-corrected chi connectivity index (χ0v) is 17.0. The molecule has 152 valence electrons. The molecule has 0 spiro atoms. The number of urea groups is 1. The Morgan fingerprint density at radius 1 is 0.963 bits per heavy atom. The minimum Gasteiger partial charge on any atom is -0.326 e. The summed E-state index contributed by atoms with van der Waals surface area (Å²) in [6.45, 7) is 3.74. The molecule has 2 atom stereocenters. The van der Waals surface area contributed by atoms with Crippen molar-refractivity contribution in [3.63, 3.8) is 0 Å². The molecule has 0 aromatic heterocycles. The number of amides is 3. The topological polar surface area (TPSA) is 66.5 Å². The van der Waals surface area contributed by atoms with Crippen LogP contribution in [0.25, 0.3) is 0 Å². The molecule has 1 aliphatic heterocycles. The molecule has 3 amide bonds. The second-order valence-electron chi connectivity index (χ2n) is 9.26. The molecule has 5 heteroatoms. The lowest BCUT2D eigenvalue weighted by Gasteiger charge is -2.31. The van der Waals surface area contributed by atoms with Gasteiger partial charge < -0.3 is 5.32 Å². The molecule has 2 aliphatic carbocycles. The molecule has 1 saturated heterocycles. The monoisotopic (exact) mass is 376 g/mol. The fraction of sp³-hybridized carbons (Fsp3) is 0.864. The quantitative estimate of drug-likeness (QED) is 0.668. The van der Waals surface area contributed by atoms with Crippen molar-refractivity contribution < 1.29 is 14.4 Å². The average Bonchev–Trinajstić information content (AvgIpc) is 2.94. The Labute approximate surface area is 163 Å². The first kappa shape index (κ1) is 20.3. The van der Waals surface area contributed by atoms with Crippen LogP contribution in [0.15, 0.2) is 0 Å². The third-order valence-corrected chi connectivity index (χ3v) is 6.84. The van der Waals surface area contributed by atoms with E-state index in [4.69, 9.17) is 0 Å². The van der Waals surface area contributed by atoms with E-state index in [1.54, 1.807) is 0 Å². The van der Waals surface area contributed by atoms with Gasteiger partial charge in [-0.15, -0.1) is 0 Å². The summed E-state index contributed by atoms with van der Waals surface area (Å²) < 4.78 is 0. The third-order valence-electron chi connectivity index (χ3n) is 6.84. The minimum absolute atomic E-state index is 0.0300. The summed E-state index contributed by atoms with van der Waals surface area (Å²) in [6.07, 6.45) is 13.2. The van der Waals surface area contributed by atoms with Crippen molar-refractivity contribution in [1.82, 2.24) is 10.2 Å². The minimum atomic E-state index is -0.586. The number of Topliss-reactive ketones (excluding diaryl/α,β-unsaturated/α-hetero) is 1. The fourth-order valence-corrected chi connectivity index (χ4v) is 5.23. The molecule has 3 fully saturated rings. The SMILES string of the molecule is CC(C)C(=O)[C@H](CC1CCCCC1)N1C(=O)N[C@@H](CC2CCCCC2)C1=O. The Balaban J connectivity index is 1.70. The lowest BCUT2D eigenvalue weighted by Crippen LogP contribution is -2.48. The van der Waals surface area contributed by atoms with E-state index >= 15 is 0 Å². The summed E-state index contributed by atoms with van der Waals surface area (Å²) in [5, 5.41) is 2.90. The van der Waals surface area contributed by atoms with Crippen molar-refractivity contribution in [3.8, 4) is 0 Å². The highest BCUT2D eigenvalue weighted by Gasteiger charge is 2.45. The van der Waals surface area contributed by atoms with Gasteiger partial charge in [0.2, 0.25) is 0 Å². The maximum Gasteiger partial charge on any atom is 0.325 e. The Kier molecular flexibility index (Phi) is 6.93. The van der Waals surface area contributed by atoms with Crippen molar-refractivity contribution in [3.05, 3.63) is 0 Å². The number of hydrogen-bond acceptors (Lipinski definition) is 3. The second kappa shape index (κ2) is 9.20. The van der Waals surface area contributed by atoms with Gasteiger partial charge in [-0.05, 0) is 24.7 Å². The van der Waals surface area contributed by atoms with E-state index in [2.05, 4.69) is 5.32 Å². The molecule has 0 unspecified atom stereocenters. The lowest BCUT2D eigenvalue weighted by molar-refractivity contribution is -0.137. The van der Waals surface area contributed by atoms with E-state index in [1.807, 2.05) is 13.8 Å². The van der Waals surface area contributed by atoms with Crippen molar-refractivity contribution in [2.45, 2.75) is 103 Å². The Hall–Kier alpha value is -1.39. The van der Waals surface area contributed by atoms with Crippen LogP contribution in [0.1, 0.15) is 90.9 Å². The predicted octanol–water partition coefficient (Wildman–Crippen LogP) is 4.44. The number of carbonyl (C=O) groups is 3. The number of hydrogen-bond donors (Lipinski definition) is 1. The van der Waals surface area contributed by atoms with Crippen LogP contribution in [0.5, 0.6) is 0 Å². The van der Waals surface area contributed by atoms with Gasteiger partial charge in [-0.1, -0.05) is 78.1 Å². The van der Waals surface area contributed by atoms with Gasteiger partial charge in [0.25, 0.3) is 5.91 Å². The van der Waals surface area contributed by atoms with Crippen LogP contribution < -0.4 is 5.32 Å². The lowest BCUT2D eigenvalue weighted by atomic mass is 9.82. The Morgan fingerprint density at radius 2 is 1.52 bits per heavy atom. The Morgan fingerprint density at radius 3 is 2.07 bits per heavy atom. The first-order chi connectivity index (χ1) is 13.0. The zero-order chi connectivity index (χ0) is 19.4. The molecule has 5 nitrogen and oxygen atoms in total. The normalized spacial score (nSPS) is 26.5. The Bertz CT molecular complexity index is 548. The average molecular weight is 377 g/mol. The van der Waals surface area contributed by atoms with Crippen molar-refractivity contribution >= 4 is 17.7 Å². The first-order valence-electron chi connectivity index (χ1n) is 11.1. The van der Waals surface area contributed by atoms with Crippen molar-refractivity contribution in [1.29, 1.82) is 0 Å². The van der Waals surface area contributed by atoms with Crippen LogP contribution in [-0.2, 0) is 9.59 Å². The van der Waals surface area contributed by atoms with Gasteiger partial charge in [-0.3, -0.25) is 14.5 Å². The maximum atomic E-state index is 13.1. The van der Waals surface area contributed by atoms with Gasteiger partial charge in [0.15, 0.2) is 5.78 Å². The third kappa shape index (κ3) is 4.91. The molecular formula is C22H36N2O3. The van der Waals surface area contributed by atoms with E-state index in [0.29, 0.717) is 18.3 Å². The van der Waals surface area contributed by atoms with Crippen molar-refractivity contribution in [2.75, 3.05) is 0 Å². The van der Waals surface area contributed by atoms with Crippen LogP contribution in [0.4, 0.5) is 4.79 Å². The summed E-state index contributed by atoms with van der Waals surface area (Å²) in [4.78, 5) is 40.0. The van der Waals surface area contributed by atoms with Gasteiger partial charge in [0.05, 0.1) is 0 Å². The summed E-state index contributed by atoms with van der Waals surface area (Å²) in [5.74, 6) is 0.661. The van der Waals surface area contributed by atoms with Crippen LogP contribution >= 0.6 is 0 Å². The molecule has 0 aromatic rings. The molecular weight excluding hydrogens is 340 g/mol. The molecule has 1 N–H and O–H groups in total. The van der Waals surface area contributed by atoms with Crippen LogP contribution in [0.2, 0.25) is 0 Å². The van der Waals surface area contributed by atoms with E-state index in [-0.39, 0.29) is 23.6 Å². The number of carbonyl (C=O) groups excluding carboxylic acids is 3. The zero-order valence-electron chi connectivity index (χ0n) is 17.0. The number of imide groups is 1. The molecule has 3 aliphatic rings. The second-order valence-corrected chi connectivity index (χ2v) is 9.26. The van der Waals surface area contributed by atoms with Crippen LogP contribution in [0.3, 0.4) is 0 Å². The largest absolute Gasteiger partial charge is 0.326 e. The van der Waals surface area contributed by atoms with Gasteiger partial charge in [0, 0.05) is 5.92 Å². The number of ketones is 1. The summed E-state index contributed by atoms with van der Waals surface area (Å²) >= 11 is 0. The van der Waals surface area contributed by atoms with Gasteiger partial charge >= 0.3 is 6.03 Å². The van der Waals surface area contributed by atoms with E-state index < -0.39 is 12.1 Å². The molecule has 1 heterocycles. The highest BCUT2D eigenvalue weighted by atomic mass is 16.2. The number of nitrogens with one attached hydrogen (secondary N) is 1. The van der Waals surface area contributed by atoms with E-state index in [9.17, 15) is 14.4 Å². The highest BCUT2D eigenvalue weighted by Crippen LogP contribution is 2.33. The van der Waals surface area contributed by atoms with E-state index in [0.717, 1.165) is 32.1 Å². The summed E-state index contributed by atoms with van der Waals surface area (Å²) in [6, 6.07) is -1.37. The van der Waals surface area contributed by atoms with Crippen molar-refractivity contribution in [2.24, 2.45) is 17.8 Å². The van der Waals surface area contributed by atoms with Crippen LogP contribution in [-0.4, -0.2) is 34.7 Å². The van der Waals surface area contributed by atoms with Gasteiger partial charge in [-0.2, -0.15) is 0 Å². The summed E-state index contributed by atoms with van der Waals surface area (Å²) in [5.41, 5.74) is 0. The molecule has 3 rings (SSSR count). The summed E-state index contributed by atoms with van der Waals surface area (Å²) in [7, 11) is 0. The predicted molar refractivity (Wildman–Crippen MR) is 105 cm³/mol.